The van der Waals surface area contributed by atoms with Gasteiger partial charge in [0.15, 0.2) is 5.76 Å². The Labute approximate surface area is 149 Å². The van der Waals surface area contributed by atoms with Crippen LogP contribution in [0.25, 0.3) is 0 Å². The number of ether oxygens (including phenoxy) is 1. The van der Waals surface area contributed by atoms with E-state index in [4.69, 9.17) is 9.15 Å². The molecule has 24 heavy (non-hydrogen) atoms. The van der Waals surface area contributed by atoms with Gasteiger partial charge in [-0.25, -0.2) is 0 Å². The van der Waals surface area contributed by atoms with Gasteiger partial charge in [-0.3, -0.25) is 9.48 Å². The van der Waals surface area contributed by atoms with Crippen molar-refractivity contribution in [1.29, 1.82) is 0 Å². The summed E-state index contributed by atoms with van der Waals surface area (Å²) in [7, 11) is 0. The molecule has 130 valence electrons. The van der Waals surface area contributed by atoms with Crippen molar-refractivity contribution in [1.82, 2.24) is 14.7 Å². The molecular weight excluding hydrogens is 374 g/mol. The van der Waals surface area contributed by atoms with Crippen molar-refractivity contribution in [2.75, 3.05) is 13.1 Å². The lowest BCUT2D eigenvalue weighted by Gasteiger charge is -2.34. The van der Waals surface area contributed by atoms with Crippen LogP contribution in [0, 0.1) is 13.8 Å². The zero-order valence-electron chi connectivity index (χ0n) is 14.4. The summed E-state index contributed by atoms with van der Waals surface area (Å²) in [5, 5.41) is 4.47. The summed E-state index contributed by atoms with van der Waals surface area (Å²) in [5.74, 6) is 0.996. The van der Waals surface area contributed by atoms with E-state index in [0.29, 0.717) is 31.2 Å². The number of amides is 1. The molecule has 3 heterocycles. The standard InChI is InChI=1S/C17H22BrN3O3/c1-10-7-20(8-11(2)23-10)17(22)15-6-5-14(24-15)9-21-13(4)16(18)12(3)19-21/h5-6,10-11H,7-9H2,1-4H3. The molecule has 0 bridgehead atoms. The Morgan fingerprint density at radius 1 is 1.29 bits per heavy atom. The van der Waals surface area contributed by atoms with Crippen molar-refractivity contribution in [3.63, 3.8) is 0 Å². The van der Waals surface area contributed by atoms with Crippen LogP contribution in [0.4, 0.5) is 0 Å². The number of morpholine rings is 1. The second kappa shape index (κ2) is 6.72. The molecule has 1 fully saturated rings. The molecule has 2 aromatic rings. The van der Waals surface area contributed by atoms with Gasteiger partial charge in [0.1, 0.15) is 5.76 Å². The number of aromatic nitrogens is 2. The lowest BCUT2D eigenvalue weighted by atomic mass is 10.2. The average molecular weight is 396 g/mol. The predicted octanol–water partition coefficient (Wildman–Crippen LogP) is 3.15. The van der Waals surface area contributed by atoms with E-state index in [1.54, 1.807) is 11.0 Å². The van der Waals surface area contributed by atoms with Crippen LogP contribution in [0.2, 0.25) is 0 Å². The van der Waals surface area contributed by atoms with E-state index in [9.17, 15) is 4.79 Å². The first-order valence-electron chi connectivity index (χ1n) is 8.08. The average Bonchev–Trinajstić information content (AvgIpc) is 3.07. The Hall–Kier alpha value is -1.60. The van der Waals surface area contributed by atoms with Crippen LogP contribution in [-0.4, -0.2) is 45.9 Å². The fraction of sp³-hybridized carbons (Fsp3) is 0.529. The number of carbonyl (C=O) groups excluding carboxylic acids is 1. The summed E-state index contributed by atoms with van der Waals surface area (Å²) >= 11 is 3.52. The van der Waals surface area contributed by atoms with Gasteiger partial charge in [-0.1, -0.05) is 0 Å². The Bertz CT molecular complexity index is 742. The minimum atomic E-state index is -0.0854. The highest BCUT2D eigenvalue weighted by Gasteiger charge is 2.28. The number of hydrogen-bond acceptors (Lipinski definition) is 4. The van der Waals surface area contributed by atoms with Crippen molar-refractivity contribution in [3.8, 4) is 0 Å². The zero-order chi connectivity index (χ0) is 17.4. The number of rotatable bonds is 3. The number of furan rings is 1. The van der Waals surface area contributed by atoms with Crippen LogP contribution in [0.1, 0.15) is 41.6 Å². The molecule has 0 radical (unpaired) electrons. The number of halogens is 1. The van der Waals surface area contributed by atoms with E-state index < -0.39 is 0 Å². The molecule has 2 unspecified atom stereocenters. The van der Waals surface area contributed by atoms with E-state index >= 15 is 0 Å². The van der Waals surface area contributed by atoms with Crippen LogP contribution in [0.5, 0.6) is 0 Å². The topological polar surface area (TPSA) is 60.5 Å². The molecule has 1 amide bonds. The largest absolute Gasteiger partial charge is 0.454 e. The summed E-state index contributed by atoms with van der Waals surface area (Å²) in [6, 6.07) is 3.58. The third-order valence-corrected chi connectivity index (χ3v) is 5.33. The molecule has 6 nitrogen and oxygen atoms in total. The van der Waals surface area contributed by atoms with Gasteiger partial charge < -0.3 is 14.1 Å². The third kappa shape index (κ3) is 3.42. The van der Waals surface area contributed by atoms with E-state index in [1.165, 1.54) is 0 Å². The first kappa shape index (κ1) is 17.2. The maximum absolute atomic E-state index is 12.6. The molecule has 0 spiro atoms. The molecule has 7 heteroatoms. The summed E-state index contributed by atoms with van der Waals surface area (Å²) in [6.07, 6.45) is 0.0818. The molecule has 0 N–H and O–H groups in total. The van der Waals surface area contributed by atoms with Gasteiger partial charge in [0.2, 0.25) is 0 Å². The van der Waals surface area contributed by atoms with Crippen LogP contribution < -0.4 is 0 Å². The smallest absolute Gasteiger partial charge is 0.289 e. The third-order valence-electron chi connectivity index (χ3n) is 4.18. The van der Waals surface area contributed by atoms with E-state index in [-0.39, 0.29) is 18.1 Å². The van der Waals surface area contributed by atoms with Crippen molar-refractivity contribution < 1.29 is 13.9 Å². The number of nitrogens with zero attached hydrogens (tertiary/aromatic N) is 3. The number of aryl methyl sites for hydroxylation is 1. The lowest BCUT2D eigenvalue weighted by Crippen LogP contribution is -2.48. The summed E-state index contributed by atoms with van der Waals surface area (Å²) in [6.45, 7) is 9.57. The fourth-order valence-electron chi connectivity index (χ4n) is 3.05. The predicted molar refractivity (Wildman–Crippen MR) is 93.1 cm³/mol. The van der Waals surface area contributed by atoms with Gasteiger partial charge >= 0.3 is 0 Å². The van der Waals surface area contributed by atoms with Crippen molar-refractivity contribution in [2.24, 2.45) is 0 Å². The quantitative estimate of drug-likeness (QED) is 0.800. The Balaban J connectivity index is 1.73. The lowest BCUT2D eigenvalue weighted by molar-refractivity contribution is -0.0592. The van der Waals surface area contributed by atoms with E-state index in [2.05, 4.69) is 21.0 Å². The molecule has 0 aliphatic carbocycles. The number of hydrogen-bond donors (Lipinski definition) is 0. The highest BCUT2D eigenvalue weighted by Crippen LogP contribution is 2.22. The fourth-order valence-corrected chi connectivity index (χ4v) is 3.34. The first-order valence-corrected chi connectivity index (χ1v) is 8.87. The monoisotopic (exact) mass is 395 g/mol. The zero-order valence-corrected chi connectivity index (χ0v) is 16.0. The molecule has 0 aromatic carbocycles. The van der Waals surface area contributed by atoms with Crippen LogP contribution in [-0.2, 0) is 11.3 Å². The summed E-state index contributed by atoms with van der Waals surface area (Å²) in [4.78, 5) is 14.4. The molecule has 1 saturated heterocycles. The molecular formula is C17H22BrN3O3. The Morgan fingerprint density at radius 3 is 2.54 bits per heavy atom. The van der Waals surface area contributed by atoms with Gasteiger partial charge in [0.25, 0.3) is 5.91 Å². The molecule has 3 rings (SSSR count). The van der Waals surface area contributed by atoms with Crippen LogP contribution in [0.3, 0.4) is 0 Å². The maximum Gasteiger partial charge on any atom is 0.289 e. The molecule has 2 aromatic heterocycles. The van der Waals surface area contributed by atoms with Gasteiger partial charge in [-0.2, -0.15) is 5.10 Å². The first-order chi connectivity index (χ1) is 11.3. The molecule has 1 aliphatic heterocycles. The molecule has 2 atom stereocenters. The van der Waals surface area contributed by atoms with Crippen molar-refractivity contribution >= 4 is 21.8 Å². The Morgan fingerprint density at radius 2 is 1.96 bits per heavy atom. The minimum Gasteiger partial charge on any atom is -0.454 e. The van der Waals surface area contributed by atoms with Crippen molar-refractivity contribution in [3.05, 3.63) is 39.5 Å². The molecule has 1 aliphatic rings. The van der Waals surface area contributed by atoms with E-state index in [1.807, 2.05) is 38.4 Å². The highest BCUT2D eigenvalue weighted by atomic mass is 79.9. The maximum atomic E-state index is 12.6. The normalized spacial score (nSPS) is 21.3. The van der Waals surface area contributed by atoms with Gasteiger partial charge in [-0.05, 0) is 55.8 Å². The minimum absolute atomic E-state index is 0.0409. The van der Waals surface area contributed by atoms with Crippen LogP contribution in [0.15, 0.2) is 21.0 Å². The molecule has 0 saturated carbocycles. The summed E-state index contributed by atoms with van der Waals surface area (Å²) in [5.41, 5.74) is 1.97. The second-order valence-corrected chi connectivity index (χ2v) is 7.17. The van der Waals surface area contributed by atoms with Crippen LogP contribution >= 0.6 is 15.9 Å². The SMILES string of the molecule is Cc1nn(Cc2ccc(C(=O)N3CC(C)OC(C)C3)o2)c(C)c1Br. The highest BCUT2D eigenvalue weighted by molar-refractivity contribution is 9.10. The van der Waals surface area contributed by atoms with Gasteiger partial charge in [0, 0.05) is 13.1 Å². The Kier molecular flexibility index (Phi) is 4.83. The van der Waals surface area contributed by atoms with E-state index in [0.717, 1.165) is 15.9 Å². The summed E-state index contributed by atoms with van der Waals surface area (Å²) < 4.78 is 14.3. The second-order valence-electron chi connectivity index (χ2n) is 6.38. The number of carbonyl (C=O) groups is 1. The van der Waals surface area contributed by atoms with Gasteiger partial charge in [-0.15, -0.1) is 0 Å². The van der Waals surface area contributed by atoms with Gasteiger partial charge in [0.05, 0.1) is 34.6 Å². The van der Waals surface area contributed by atoms with Crippen molar-refractivity contribution in [2.45, 2.75) is 46.4 Å².